The van der Waals surface area contributed by atoms with Crippen molar-refractivity contribution in [1.29, 1.82) is 0 Å². The predicted molar refractivity (Wildman–Crippen MR) is 57.0 cm³/mol. The van der Waals surface area contributed by atoms with Crippen LogP contribution < -0.4 is 0 Å². The summed E-state index contributed by atoms with van der Waals surface area (Å²) < 4.78 is 0. The van der Waals surface area contributed by atoms with Gasteiger partial charge in [-0.2, -0.15) is 0 Å². The van der Waals surface area contributed by atoms with Crippen LogP contribution in [0.15, 0.2) is 16.0 Å². The molecule has 1 heterocycles. The monoisotopic (exact) mass is 198 g/mol. The molecule has 0 unspecified atom stereocenters. The number of amidine groups is 1. The predicted octanol–water partition coefficient (Wildman–Crippen LogP) is 1.51. The SMILES string of the molecule is CC=C(SC)C1=NCCCN1C=O. The van der Waals surface area contributed by atoms with E-state index in [1.807, 2.05) is 19.3 Å². The second kappa shape index (κ2) is 5.07. The van der Waals surface area contributed by atoms with Crippen molar-refractivity contribution in [2.24, 2.45) is 4.99 Å². The Kier molecular flexibility index (Phi) is 4.02. The lowest BCUT2D eigenvalue weighted by atomic mass is 10.3. The summed E-state index contributed by atoms with van der Waals surface area (Å²) in [5, 5.41) is 0. The average molecular weight is 198 g/mol. The zero-order chi connectivity index (χ0) is 9.68. The van der Waals surface area contributed by atoms with Gasteiger partial charge < -0.3 is 0 Å². The van der Waals surface area contributed by atoms with Crippen LogP contribution in [-0.4, -0.2) is 36.5 Å². The maximum Gasteiger partial charge on any atom is 0.215 e. The van der Waals surface area contributed by atoms with E-state index >= 15 is 0 Å². The van der Waals surface area contributed by atoms with E-state index in [0.29, 0.717) is 0 Å². The molecule has 0 fully saturated rings. The summed E-state index contributed by atoms with van der Waals surface area (Å²) in [6.07, 6.45) is 5.81. The molecular formula is C9H14N2OS. The van der Waals surface area contributed by atoms with E-state index in [1.165, 1.54) is 0 Å². The van der Waals surface area contributed by atoms with Gasteiger partial charge in [-0.25, -0.2) is 0 Å². The van der Waals surface area contributed by atoms with E-state index in [0.717, 1.165) is 36.7 Å². The molecule has 1 aliphatic rings. The van der Waals surface area contributed by atoms with Crippen LogP contribution in [0.3, 0.4) is 0 Å². The molecule has 0 aliphatic carbocycles. The topological polar surface area (TPSA) is 32.7 Å². The molecule has 0 aromatic carbocycles. The number of nitrogens with zero attached hydrogens (tertiary/aromatic N) is 2. The first-order valence-electron chi connectivity index (χ1n) is 4.30. The number of hydrogen-bond acceptors (Lipinski definition) is 3. The van der Waals surface area contributed by atoms with Crippen molar-refractivity contribution < 1.29 is 4.79 Å². The first-order valence-corrected chi connectivity index (χ1v) is 5.53. The van der Waals surface area contributed by atoms with Crippen LogP contribution in [0.5, 0.6) is 0 Å². The zero-order valence-electron chi connectivity index (χ0n) is 7.99. The summed E-state index contributed by atoms with van der Waals surface area (Å²) in [7, 11) is 0. The van der Waals surface area contributed by atoms with Gasteiger partial charge in [0.15, 0.2) is 0 Å². The maximum absolute atomic E-state index is 10.7. The van der Waals surface area contributed by atoms with Crippen LogP contribution in [0.25, 0.3) is 0 Å². The Morgan fingerprint density at radius 2 is 2.46 bits per heavy atom. The van der Waals surface area contributed by atoms with Gasteiger partial charge in [-0.15, -0.1) is 11.8 Å². The molecule has 0 N–H and O–H groups in total. The highest BCUT2D eigenvalue weighted by atomic mass is 32.2. The largest absolute Gasteiger partial charge is 0.299 e. The van der Waals surface area contributed by atoms with E-state index in [9.17, 15) is 4.79 Å². The standard InChI is InChI=1S/C9H14N2OS/c1-3-8(13-2)9-10-5-4-6-11(9)7-12/h3,7H,4-6H2,1-2H3. The van der Waals surface area contributed by atoms with Crippen molar-refractivity contribution >= 4 is 24.0 Å². The minimum Gasteiger partial charge on any atom is -0.299 e. The third kappa shape index (κ3) is 2.34. The smallest absolute Gasteiger partial charge is 0.215 e. The first-order chi connectivity index (χ1) is 6.33. The van der Waals surface area contributed by atoms with Gasteiger partial charge in [0.05, 0.1) is 0 Å². The fourth-order valence-corrected chi connectivity index (χ4v) is 1.88. The number of allylic oxidation sites excluding steroid dienone is 1. The zero-order valence-corrected chi connectivity index (χ0v) is 8.80. The molecule has 0 radical (unpaired) electrons. The van der Waals surface area contributed by atoms with Gasteiger partial charge in [0, 0.05) is 18.0 Å². The molecule has 0 aromatic rings. The highest BCUT2D eigenvalue weighted by Crippen LogP contribution is 2.17. The quantitative estimate of drug-likeness (QED) is 0.644. The summed E-state index contributed by atoms with van der Waals surface area (Å²) in [6.45, 7) is 3.59. The number of carbonyl (C=O) groups is 1. The van der Waals surface area contributed by atoms with Crippen LogP contribution >= 0.6 is 11.8 Å². The lowest BCUT2D eigenvalue weighted by molar-refractivity contribution is -0.115. The summed E-state index contributed by atoms with van der Waals surface area (Å²) >= 11 is 1.63. The van der Waals surface area contributed by atoms with Gasteiger partial charge >= 0.3 is 0 Å². The third-order valence-corrected chi connectivity index (χ3v) is 2.78. The van der Waals surface area contributed by atoms with Crippen molar-refractivity contribution in [2.75, 3.05) is 19.3 Å². The number of hydrogen-bond donors (Lipinski definition) is 0. The fraction of sp³-hybridized carbons (Fsp3) is 0.556. The summed E-state index contributed by atoms with van der Waals surface area (Å²) in [5.74, 6) is 0.830. The molecule has 0 saturated carbocycles. The second-order valence-corrected chi connectivity index (χ2v) is 3.56. The van der Waals surface area contributed by atoms with E-state index in [4.69, 9.17) is 0 Å². The third-order valence-electron chi connectivity index (χ3n) is 1.92. The minimum absolute atomic E-state index is 0.792. The Morgan fingerprint density at radius 3 is 3.00 bits per heavy atom. The molecule has 0 spiro atoms. The van der Waals surface area contributed by atoms with Crippen LogP contribution in [0.1, 0.15) is 13.3 Å². The highest BCUT2D eigenvalue weighted by molar-refractivity contribution is 8.03. The van der Waals surface area contributed by atoms with Crippen molar-refractivity contribution in [2.45, 2.75) is 13.3 Å². The number of carbonyl (C=O) groups excluding carboxylic acids is 1. The molecule has 0 bridgehead atoms. The molecule has 3 nitrogen and oxygen atoms in total. The van der Waals surface area contributed by atoms with Crippen LogP contribution in [0.4, 0.5) is 0 Å². The molecule has 0 saturated heterocycles. The van der Waals surface area contributed by atoms with Crippen molar-refractivity contribution in [1.82, 2.24) is 4.90 Å². The Hall–Kier alpha value is -0.770. The van der Waals surface area contributed by atoms with E-state index in [2.05, 4.69) is 4.99 Å². The van der Waals surface area contributed by atoms with Crippen LogP contribution in [0, 0.1) is 0 Å². The van der Waals surface area contributed by atoms with Gasteiger partial charge in [0.25, 0.3) is 0 Å². The molecule has 0 aromatic heterocycles. The summed E-state index contributed by atoms with van der Waals surface area (Å²) in [5.41, 5.74) is 0. The van der Waals surface area contributed by atoms with Crippen molar-refractivity contribution in [3.05, 3.63) is 11.0 Å². The Bertz CT molecular complexity index is 248. The van der Waals surface area contributed by atoms with Gasteiger partial charge in [-0.3, -0.25) is 14.7 Å². The molecule has 4 heteroatoms. The van der Waals surface area contributed by atoms with Gasteiger partial charge in [-0.1, -0.05) is 6.08 Å². The minimum atomic E-state index is 0.792. The highest BCUT2D eigenvalue weighted by Gasteiger charge is 2.16. The lowest BCUT2D eigenvalue weighted by Gasteiger charge is -2.24. The van der Waals surface area contributed by atoms with Crippen LogP contribution in [0.2, 0.25) is 0 Å². The first kappa shape index (κ1) is 10.3. The average Bonchev–Trinajstić information content (AvgIpc) is 2.20. The number of aliphatic imine (C=N–C) groups is 1. The van der Waals surface area contributed by atoms with Crippen molar-refractivity contribution in [3.63, 3.8) is 0 Å². The van der Waals surface area contributed by atoms with Gasteiger partial charge in [0.2, 0.25) is 6.41 Å². The summed E-state index contributed by atoms with van der Waals surface area (Å²) in [6, 6.07) is 0. The van der Waals surface area contributed by atoms with E-state index < -0.39 is 0 Å². The molecular weight excluding hydrogens is 184 g/mol. The van der Waals surface area contributed by atoms with Gasteiger partial charge in [-0.05, 0) is 19.6 Å². The molecule has 1 rings (SSSR count). The second-order valence-electron chi connectivity index (χ2n) is 2.71. The van der Waals surface area contributed by atoms with E-state index in [1.54, 1.807) is 16.7 Å². The number of amides is 1. The molecule has 1 aliphatic heterocycles. The molecule has 1 amide bonds. The molecule has 0 atom stereocenters. The Morgan fingerprint density at radius 1 is 1.69 bits per heavy atom. The van der Waals surface area contributed by atoms with Gasteiger partial charge in [0.1, 0.15) is 5.84 Å². The lowest BCUT2D eigenvalue weighted by Crippen LogP contribution is -2.35. The molecule has 13 heavy (non-hydrogen) atoms. The Labute approximate surface area is 82.9 Å². The molecule has 72 valence electrons. The maximum atomic E-state index is 10.7. The normalized spacial score (nSPS) is 18.5. The van der Waals surface area contributed by atoms with E-state index in [-0.39, 0.29) is 0 Å². The summed E-state index contributed by atoms with van der Waals surface area (Å²) in [4.78, 5) is 17.8. The Balaban J connectivity index is 2.85. The van der Waals surface area contributed by atoms with Crippen molar-refractivity contribution in [3.8, 4) is 0 Å². The number of rotatable bonds is 3. The van der Waals surface area contributed by atoms with Crippen LogP contribution in [-0.2, 0) is 4.79 Å². The fourth-order valence-electron chi connectivity index (χ4n) is 1.28. The number of thioether (sulfide) groups is 1.